The van der Waals surface area contributed by atoms with E-state index in [4.69, 9.17) is 4.74 Å². The summed E-state index contributed by atoms with van der Waals surface area (Å²) in [5.41, 5.74) is 0.648. The zero-order chi connectivity index (χ0) is 14.5. The Labute approximate surface area is 118 Å². The van der Waals surface area contributed by atoms with E-state index >= 15 is 0 Å². The van der Waals surface area contributed by atoms with Crippen molar-refractivity contribution in [1.82, 2.24) is 10.2 Å². The molecule has 1 heterocycles. The second-order valence-corrected chi connectivity index (χ2v) is 4.57. The first-order valence-corrected chi connectivity index (χ1v) is 6.65. The Hall–Kier alpha value is -2.24. The normalized spacial score (nSPS) is 18.4. The molecule has 0 spiro atoms. The number of ether oxygens (including phenoxy) is 1. The van der Waals surface area contributed by atoms with Crippen LogP contribution in [0, 0.1) is 0 Å². The molecular weight excluding hydrogens is 258 g/mol. The number of nitrogens with one attached hydrogen (secondary N) is 2. The molecular formula is C14H19N3O3. The van der Waals surface area contributed by atoms with Gasteiger partial charge < -0.3 is 20.3 Å². The van der Waals surface area contributed by atoms with Crippen LogP contribution in [0.1, 0.15) is 13.3 Å². The molecule has 1 aliphatic rings. The minimum absolute atomic E-state index is 0.0976. The molecule has 6 nitrogen and oxygen atoms in total. The van der Waals surface area contributed by atoms with Crippen LogP contribution < -0.4 is 15.4 Å². The maximum absolute atomic E-state index is 12.3. The molecule has 1 unspecified atom stereocenters. The van der Waals surface area contributed by atoms with Gasteiger partial charge in [-0.1, -0.05) is 13.0 Å². The Morgan fingerprint density at radius 3 is 3.05 bits per heavy atom. The quantitative estimate of drug-likeness (QED) is 0.878. The summed E-state index contributed by atoms with van der Waals surface area (Å²) >= 11 is 0. The molecule has 3 amide bonds. The number of hydrogen-bond donors (Lipinski definition) is 2. The fourth-order valence-corrected chi connectivity index (χ4v) is 2.26. The van der Waals surface area contributed by atoms with Crippen LogP contribution in [0.5, 0.6) is 5.75 Å². The van der Waals surface area contributed by atoms with Crippen molar-refractivity contribution in [3.05, 3.63) is 24.3 Å². The summed E-state index contributed by atoms with van der Waals surface area (Å²) in [6.07, 6.45) is 0.595. The Morgan fingerprint density at radius 2 is 2.35 bits per heavy atom. The third-order valence-corrected chi connectivity index (χ3v) is 3.30. The highest BCUT2D eigenvalue weighted by molar-refractivity contribution is 5.94. The van der Waals surface area contributed by atoms with Gasteiger partial charge in [0.15, 0.2) is 0 Å². The van der Waals surface area contributed by atoms with Crippen LogP contribution in [0.25, 0.3) is 0 Å². The fourth-order valence-electron chi connectivity index (χ4n) is 2.26. The van der Waals surface area contributed by atoms with Crippen molar-refractivity contribution in [2.75, 3.05) is 25.5 Å². The fraction of sp³-hybridized carbons (Fsp3) is 0.429. The Bertz CT molecular complexity index is 504. The van der Waals surface area contributed by atoms with Crippen LogP contribution in [0.2, 0.25) is 0 Å². The minimum atomic E-state index is -0.408. The lowest BCUT2D eigenvalue weighted by Gasteiger charge is -2.34. The number of benzene rings is 1. The lowest BCUT2D eigenvalue weighted by Crippen LogP contribution is -2.57. The lowest BCUT2D eigenvalue weighted by atomic mass is 10.1. The van der Waals surface area contributed by atoms with Gasteiger partial charge in [0.25, 0.3) is 0 Å². The molecule has 2 rings (SSSR count). The number of methoxy groups -OCH3 is 1. The van der Waals surface area contributed by atoms with Crippen LogP contribution in [0.3, 0.4) is 0 Å². The summed E-state index contributed by atoms with van der Waals surface area (Å²) in [7, 11) is 1.57. The van der Waals surface area contributed by atoms with E-state index in [1.54, 1.807) is 36.3 Å². The predicted molar refractivity (Wildman–Crippen MR) is 75.8 cm³/mol. The maximum Gasteiger partial charge on any atom is 0.322 e. The van der Waals surface area contributed by atoms with E-state index in [0.717, 1.165) is 0 Å². The average molecular weight is 277 g/mol. The number of urea groups is 1. The van der Waals surface area contributed by atoms with Crippen LogP contribution in [0.4, 0.5) is 10.5 Å². The molecule has 0 aromatic heterocycles. The first kappa shape index (κ1) is 14.2. The molecule has 0 radical (unpaired) electrons. The van der Waals surface area contributed by atoms with Crippen LogP contribution >= 0.6 is 0 Å². The van der Waals surface area contributed by atoms with Gasteiger partial charge in [0, 0.05) is 24.8 Å². The van der Waals surface area contributed by atoms with Crippen molar-refractivity contribution >= 4 is 17.6 Å². The van der Waals surface area contributed by atoms with E-state index in [1.807, 2.05) is 6.92 Å². The van der Waals surface area contributed by atoms with Crippen LogP contribution in [0.15, 0.2) is 24.3 Å². The Kier molecular flexibility index (Phi) is 4.45. The topological polar surface area (TPSA) is 70.7 Å². The van der Waals surface area contributed by atoms with Crippen molar-refractivity contribution < 1.29 is 14.3 Å². The van der Waals surface area contributed by atoms with Gasteiger partial charge in [-0.3, -0.25) is 4.79 Å². The molecule has 1 aromatic rings. The molecule has 108 valence electrons. The number of piperazine rings is 1. The van der Waals surface area contributed by atoms with E-state index in [9.17, 15) is 9.59 Å². The highest BCUT2D eigenvalue weighted by Crippen LogP contribution is 2.18. The van der Waals surface area contributed by atoms with Crippen molar-refractivity contribution in [3.63, 3.8) is 0 Å². The molecule has 0 aliphatic carbocycles. The molecule has 1 fully saturated rings. The van der Waals surface area contributed by atoms with Crippen molar-refractivity contribution in [2.24, 2.45) is 0 Å². The first-order chi connectivity index (χ1) is 9.65. The Balaban J connectivity index is 2.08. The molecule has 6 heteroatoms. The number of hydrogen-bond acceptors (Lipinski definition) is 3. The zero-order valence-corrected chi connectivity index (χ0v) is 11.7. The van der Waals surface area contributed by atoms with E-state index in [0.29, 0.717) is 30.9 Å². The average Bonchev–Trinajstić information content (AvgIpc) is 2.47. The summed E-state index contributed by atoms with van der Waals surface area (Å²) in [6.45, 7) is 2.89. The number of rotatable bonds is 3. The summed E-state index contributed by atoms with van der Waals surface area (Å²) in [4.78, 5) is 25.6. The number of anilines is 1. The lowest BCUT2D eigenvalue weighted by molar-refractivity contribution is -0.127. The molecule has 20 heavy (non-hydrogen) atoms. The summed E-state index contributed by atoms with van der Waals surface area (Å²) in [6, 6.07) is 6.45. The second kappa shape index (κ2) is 6.27. The zero-order valence-electron chi connectivity index (χ0n) is 11.7. The van der Waals surface area contributed by atoms with Gasteiger partial charge in [0.1, 0.15) is 11.8 Å². The monoisotopic (exact) mass is 277 g/mol. The van der Waals surface area contributed by atoms with Gasteiger partial charge >= 0.3 is 6.03 Å². The van der Waals surface area contributed by atoms with Crippen LogP contribution in [-0.4, -0.2) is 43.1 Å². The van der Waals surface area contributed by atoms with E-state index in [-0.39, 0.29) is 11.9 Å². The van der Waals surface area contributed by atoms with Gasteiger partial charge in [-0.25, -0.2) is 4.79 Å². The van der Waals surface area contributed by atoms with Crippen LogP contribution in [-0.2, 0) is 4.79 Å². The van der Waals surface area contributed by atoms with E-state index < -0.39 is 6.04 Å². The van der Waals surface area contributed by atoms with Gasteiger partial charge in [0.05, 0.1) is 7.11 Å². The second-order valence-electron chi connectivity index (χ2n) is 4.57. The SMILES string of the molecule is CCC1C(=O)NCCN1C(=O)Nc1cccc(OC)c1. The highest BCUT2D eigenvalue weighted by Gasteiger charge is 2.31. The van der Waals surface area contributed by atoms with Crippen molar-refractivity contribution in [2.45, 2.75) is 19.4 Å². The largest absolute Gasteiger partial charge is 0.497 e. The molecule has 0 saturated carbocycles. The van der Waals surface area contributed by atoms with Crippen molar-refractivity contribution in [1.29, 1.82) is 0 Å². The third-order valence-electron chi connectivity index (χ3n) is 3.30. The molecule has 1 atom stereocenters. The van der Waals surface area contributed by atoms with E-state index in [1.165, 1.54) is 0 Å². The number of nitrogens with zero attached hydrogens (tertiary/aromatic N) is 1. The number of amides is 3. The molecule has 0 bridgehead atoms. The van der Waals surface area contributed by atoms with Gasteiger partial charge in [-0.2, -0.15) is 0 Å². The summed E-state index contributed by atoms with van der Waals surface area (Å²) in [5, 5.41) is 5.57. The first-order valence-electron chi connectivity index (χ1n) is 6.65. The number of carbonyl (C=O) groups is 2. The van der Waals surface area contributed by atoms with E-state index in [2.05, 4.69) is 10.6 Å². The Morgan fingerprint density at radius 1 is 1.55 bits per heavy atom. The predicted octanol–water partition coefficient (Wildman–Crippen LogP) is 1.44. The molecule has 2 N–H and O–H groups in total. The summed E-state index contributed by atoms with van der Waals surface area (Å²) < 4.78 is 5.11. The maximum atomic E-state index is 12.3. The minimum Gasteiger partial charge on any atom is -0.497 e. The van der Waals surface area contributed by atoms with Crippen molar-refractivity contribution in [3.8, 4) is 5.75 Å². The standard InChI is InChI=1S/C14H19N3O3/c1-3-12-13(18)15-7-8-17(12)14(19)16-10-5-4-6-11(9-10)20-2/h4-6,9,12H,3,7-8H2,1-2H3,(H,15,18)(H,16,19). The van der Waals surface area contributed by atoms with Gasteiger partial charge in [-0.05, 0) is 18.6 Å². The molecule has 1 aliphatic heterocycles. The highest BCUT2D eigenvalue weighted by atomic mass is 16.5. The molecule has 1 aromatic carbocycles. The number of carbonyl (C=O) groups excluding carboxylic acids is 2. The van der Waals surface area contributed by atoms with Gasteiger partial charge in [-0.15, -0.1) is 0 Å². The smallest absolute Gasteiger partial charge is 0.322 e. The molecule has 1 saturated heterocycles. The van der Waals surface area contributed by atoms with Gasteiger partial charge in [0.2, 0.25) is 5.91 Å². The third kappa shape index (κ3) is 3.01. The summed E-state index contributed by atoms with van der Waals surface area (Å²) in [5.74, 6) is 0.575.